The van der Waals surface area contributed by atoms with Crippen molar-refractivity contribution >= 4 is 0 Å². The predicted molar refractivity (Wildman–Crippen MR) is 98.1 cm³/mol. The molecule has 128 valence electrons. The van der Waals surface area contributed by atoms with Gasteiger partial charge < -0.3 is 0 Å². The maximum absolute atomic E-state index is 9.01. The first-order chi connectivity index (χ1) is 11.4. The third-order valence-electron chi connectivity index (χ3n) is 5.28. The van der Waals surface area contributed by atoms with E-state index in [1.807, 2.05) is 0 Å². The van der Waals surface area contributed by atoms with Gasteiger partial charge in [0, 0.05) is 10.6 Å². The van der Waals surface area contributed by atoms with Gasteiger partial charge in [-0.1, -0.05) is 62.6 Å². The first kappa shape index (κ1) is 18.1. The van der Waals surface area contributed by atoms with Crippen molar-refractivity contribution in [3.8, 4) is 0 Å². The smallest absolute Gasteiger partial charge is 0.0185 e. The molecule has 2 aliphatic carbocycles. The third-order valence-corrected chi connectivity index (χ3v) is 5.28. The third kappa shape index (κ3) is 6.83. The highest BCUT2D eigenvalue weighted by molar-refractivity contribution is 5.35. The Kier molecular flexibility index (Phi) is 8.94. The van der Waals surface area contributed by atoms with Crippen molar-refractivity contribution in [1.82, 2.24) is 0 Å². The molecule has 0 fully saturated rings. The molecule has 0 unspecified atom stereocenters. The molecule has 0 saturated heterocycles. The second-order valence-corrected chi connectivity index (χ2v) is 7.13. The summed E-state index contributed by atoms with van der Waals surface area (Å²) >= 11 is 0. The molecule has 2 rings (SSSR count). The lowest BCUT2D eigenvalue weighted by Crippen LogP contribution is -2.00. The molecule has 3 heteroatoms. The Morgan fingerprint density at radius 1 is 0.696 bits per heavy atom. The predicted octanol–water partition coefficient (Wildman–Crippen LogP) is 7.75. The molecule has 0 aliphatic heterocycles. The van der Waals surface area contributed by atoms with E-state index in [1.54, 1.807) is 0 Å². The van der Waals surface area contributed by atoms with Crippen LogP contribution in [0.25, 0.3) is 10.4 Å². The monoisotopic (exact) mass is 315 g/mol. The number of rotatable bonds is 2. The summed E-state index contributed by atoms with van der Waals surface area (Å²) in [6.07, 6.45) is 22.7. The zero-order chi connectivity index (χ0) is 16.2. The van der Waals surface area contributed by atoms with E-state index in [1.165, 1.54) is 101 Å². The summed E-state index contributed by atoms with van der Waals surface area (Å²) in [5.41, 5.74) is 13.0. The highest BCUT2D eigenvalue weighted by Gasteiger charge is 2.13. The first-order valence-corrected chi connectivity index (χ1v) is 9.88. The lowest BCUT2D eigenvalue weighted by molar-refractivity contribution is 0.567. The fraction of sp³-hybridized carbons (Fsp3) is 0.800. The zero-order valence-corrected chi connectivity index (χ0v) is 14.7. The molecule has 0 heterocycles. The van der Waals surface area contributed by atoms with Crippen LogP contribution >= 0.6 is 0 Å². The summed E-state index contributed by atoms with van der Waals surface area (Å²) < 4.78 is 0. The van der Waals surface area contributed by atoms with Gasteiger partial charge in [-0.2, -0.15) is 0 Å². The van der Waals surface area contributed by atoms with Gasteiger partial charge in [-0.15, -0.1) is 0 Å². The molecule has 0 spiro atoms. The molecular weight excluding hydrogens is 282 g/mol. The summed E-state index contributed by atoms with van der Waals surface area (Å²) in [4.78, 5) is 3.15. The van der Waals surface area contributed by atoms with Crippen molar-refractivity contribution < 1.29 is 0 Å². The van der Waals surface area contributed by atoms with Gasteiger partial charge in [0.25, 0.3) is 0 Å². The van der Waals surface area contributed by atoms with E-state index in [4.69, 9.17) is 5.53 Å². The lowest BCUT2D eigenvalue weighted by Gasteiger charge is -2.19. The number of hydrogen-bond donors (Lipinski definition) is 0. The number of nitrogens with zero attached hydrogens (tertiary/aromatic N) is 3. The summed E-state index contributed by atoms with van der Waals surface area (Å²) in [6.45, 7) is 0. The van der Waals surface area contributed by atoms with Crippen LogP contribution in [0.1, 0.15) is 103 Å². The molecule has 0 amide bonds. The number of hydrogen-bond acceptors (Lipinski definition) is 1. The Morgan fingerprint density at radius 3 is 1.96 bits per heavy atom. The van der Waals surface area contributed by atoms with E-state index in [9.17, 15) is 0 Å². The normalized spacial score (nSPS) is 28.1. The molecule has 0 atom stereocenters. The van der Waals surface area contributed by atoms with Crippen LogP contribution in [0, 0.1) is 0 Å². The molecule has 0 aromatic rings. The van der Waals surface area contributed by atoms with Gasteiger partial charge in [0.2, 0.25) is 0 Å². The van der Waals surface area contributed by atoms with Crippen LogP contribution in [0.2, 0.25) is 0 Å². The van der Waals surface area contributed by atoms with E-state index >= 15 is 0 Å². The van der Waals surface area contributed by atoms with E-state index in [-0.39, 0.29) is 0 Å². The minimum absolute atomic E-state index is 0.969. The molecule has 0 radical (unpaired) electrons. The van der Waals surface area contributed by atoms with Crippen LogP contribution in [0.3, 0.4) is 0 Å². The fourth-order valence-electron chi connectivity index (χ4n) is 3.93. The minimum Gasteiger partial charge on any atom is -0.0810 e. The van der Waals surface area contributed by atoms with Crippen LogP contribution in [0.4, 0.5) is 0 Å². The maximum atomic E-state index is 9.01. The molecule has 0 aromatic heterocycles. The average Bonchev–Trinajstić information content (AvgIpc) is 2.58. The van der Waals surface area contributed by atoms with Gasteiger partial charge in [0.1, 0.15) is 0 Å². The lowest BCUT2D eigenvalue weighted by atomic mass is 9.89. The Balaban J connectivity index is 2.23. The van der Waals surface area contributed by atoms with Crippen molar-refractivity contribution in [2.75, 3.05) is 0 Å². The quantitative estimate of drug-likeness (QED) is 0.284. The van der Waals surface area contributed by atoms with Gasteiger partial charge in [-0.05, 0) is 68.0 Å². The number of azide groups is 1. The van der Waals surface area contributed by atoms with Gasteiger partial charge in [0.15, 0.2) is 0 Å². The van der Waals surface area contributed by atoms with Gasteiger partial charge >= 0.3 is 0 Å². The van der Waals surface area contributed by atoms with E-state index < -0.39 is 0 Å². The van der Waals surface area contributed by atoms with Crippen molar-refractivity contribution in [3.63, 3.8) is 0 Å². The minimum atomic E-state index is 0.969. The fourth-order valence-corrected chi connectivity index (χ4v) is 3.93. The Bertz CT molecular complexity index is 456. The molecule has 0 saturated carbocycles. The van der Waals surface area contributed by atoms with Crippen molar-refractivity contribution in [2.45, 2.75) is 103 Å². The molecule has 0 N–H and O–H groups in total. The Morgan fingerprint density at radius 2 is 1.26 bits per heavy atom. The Hall–Kier alpha value is -1.21. The van der Waals surface area contributed by atoms with Crippen molar-refractivity contribution in [1.29, 1.82) is 0 Å². The second-order valence-electron chi connectivity index (χ2n) is 7.13. The van der Waals surface area contributed by atoms with Gasteiger partial charge in [-0.25, -0.2) is 0 Å². The standard InChI is InChI=1S/C20H33N3/c21-23-22-20-17-13-9-5-4-8-12-16-19(20)18-14-10-6-2-1-3-7-11-15-18/h14H,1-13,15-17H2/b18-14-,20-19-. The Labute approximate surface area is 141 Å². The van der Waals surface area contributed by atoms with E-state index in [0.717, 1.165) is 18.5 Å². The summed E-state index contributed by atoms with van der Waals surface area (Å²) in [6, 6.07) is 0. The van der Waals surface area contributed by atoms with Gasteiger partial charge in [0.05, 0.1) is 0 Å². The van der Waals surface area contributed by atoms with Crippen LogP contribution in [0.15, 0.2) is 28.0 Å². The summed E-state index contributed by atoms with van der Waals surface area (Å²) in [7, 11) is 0. The zero-order valence-electron chi connectivity index (χ0n) is 14.7. The summed E-state index contributed by atoms with van der Waals surface area (Å²) in [5.74, 6) is 0. The molecule has 2 aliphatic rings. The largest absolute Gasteiger partial charge is 0.0810 e. The van der Waals surface area contributed by atoms with Crippen LogP contribution < -0.4 is 0 Å². The van der Waals surface area contributed by atoms with Crippen molar-refractivity contribution in [3.05, 3.63) is 33.4 Å². The summed E-state index contributed by atoms with van der Waals surface area (Å²) in [5, 5.41) is 4.13. The van der Waals surface area contributed by atoms with E-state index in [0.29, 0.717) is 0 Å². The number of allylic oxidation sites excluding steroid dienone is 4. The van der Waals surface area contributed by atoms with E-state index in [2.05, 4.69) is 16.1 Å². The molecule has 23 heavy (non-hydrogen) atoms. The average molecular weight is 316 g/mol. The molecule has 0 bridgehead atoms. The van der Waals surface area contributed by atoms with Crippen LogP contribution in [0.5, 0.6) is 0 Å². The van der Waals surface area contributed by atoms with Crippen molar-refractivity contribution in [2.24, 2.45) is 5.11 Å². The van der Waals surface area contributed by atoms with Crippen LogP contribution in [-0.2, 0) is 0 Å². The SMILES string of the molecule is [N-]=[N+]=N/C1=C(\C2=C/CCCCCCCC2)CCCCCCCC1. The second kappa shape index (κ2) is 11.3. The molecular formula is C20H33N3. The molecule has 0 aromatic carbocycles. The first-order valence-electron chi connectivity index (χ1n) is 9.88. The highest BCUT2D eigenvalue weighted by Crippen LogP contribution is 2.32. The van der Waals surface area contributed by atoms with Gasteiger partial charge in [-0.3, -0.25) is 0 Å². The topological polar surface area (TPSA) is 48.8 Å². The molecule has 3 nitrogen and oxygen atoms in total. The highest BCUT2D eigenvalue weighted by atomic mass is 15.1. The van der Waals surface area contributed by atoms with Crippen LogP contribution in [-0.4, -0.2) is 0 Å². The maximum Gasteiger partial charge on any atom is 0.0185 e.